The summed E-state index contributed by atoms with van der Waals surface area (Å²) in [4.78, 5) is 24.9. The number of anilines is 1. The molecule has 1 heterocycles. The summed E-state index contributed by atoms with van der Waals surface area (Å²) in [5.41, 5.74) is 2.80. The maximum absolute atomic E-state index is 12.7. The van der Waals surface area contributed by atoms with Crippen molar-refractivity contribution in [2.24, 2.45) is 0 Å². The highest BCUT2D eigenvalue weighted by molar-refractivity contribution is 5.92. The van der Waals surface area contributed by atoms with E-state index in [0.717, 1.165) is 15.8 Å². The smallest absolute Gasteiger partial charge is 0.267 e. The third kappa shape index (κ3) is 5.05. The second kappa shape index (κ2) is 9.09. The molecule has 4 aromatic rings. The van der Waals surface area contributed by atoms with Crippen molar-refractivity contribution < 1.29 is 9.53 Å². The van der Waals surface area contributed by atoms with Crippen LogP contribution in [0.5, 0.6) is 11.5 Å². The van der Waals surface area contributed by atoms with E-state index >= 15 is 0 Å². The Morgan fingerprint density at radius 3 is 2.39 bits per heavy atom. The Morgan fingerprint density at radius 1 is 0.903 bits per heavy atom. The van der Waals surface area contributed by atoms with Crippen LogP contribution < -0.4 is 15.6 Å². The van der Waals surface area contributed by atoms with Gasteiger partial charge in [-0.3, -0.25) is 9.59 Å². The van der Waals surface area contributed by atoms with Crippen LogP contribution in [0.2, 0.25) is 0 Å². The highest BCUT2D eigenvalue weighted by Gasteiger charge is 2.11. The number of para-hydroxylation sites is 3. The van der Waals surface area contributed by atoms with Gasteiger partial charge in [-0.15, -0.1) is 0 Å². The molecule has 0 unspecified atom stereocenters. The highest BCUT2D eigenvalue weighted by atomic mass is 16.5. The van der Waals surface area contributed by atoms with Gasteiger partial charge < -0.3 is 10.1 Å². The van der Waals surface area contributed by atoms with Gasteiger partial charge in [0.1, 0.15) is 12.3 Å². The fourth-order valence-corrected chi connectivity index (χ4v) is 3.04. The number of amides is 1. The number of nitrogens with one attached hydrogen (secondary N) is 1. The van der Waals surface area contributed by atoms with Gasteiger partial charge in [0.25, 0.3) is 5.56 Å². The molecule has 6 heteroatoms. The van der Waals surface area contributed by atoms with Crippen LogP contribution in [0.4, 0.5) is 5.69 Å². The minimum Gasteiger partial charge on any atom is -0.455 e. The topological polar surface area (TPSA) is 73.2 Å². The van der Waals surface area contributed by atoms with E-state index in [-0.39, 0.29) is 18.0 Å². The van der Waals surface area contributed by atoms with Crippen LogP contribution >= 0.6 is 0 Å². The second-order valence-corrected chi connectivity index (χ2v) is 7.04. The van der Waals surface area contributed by atoms with Crippen LogP contribution in [0.3, 0.4) is 0 Å². The quantitative estimate of drug-likeness (QED) is 0.501. The van der Waals surface area contributed by atoms with Crippen molar-refractivity contribution in [3.05, 3.63) is 107 Å². The van der Waals surface area contributed by atoms with E-state index in [2.05, 4.69) is 10.4 Å². The average Bonchev–Trinajstić information content (AvgIpc) is 2.78. The molecular weight excluding hydrogens is 390 g/mol. The second-order valence-electron chi connectivity index (χ2n) is 7.04. The van der Waals surface area contributed by atoms with Crippen molar-refractivity contribution in [3.63, 3.8) is 0 Å². The van der Waals surface area contributed by atoms with Gasteiger partial charge in [-0.1, -0.05) is 60.2 Å². The van der Waals surface area contributed by atoms with Crippen molar-refractivity contribution in [1.29, 1.82) is 0 Å². The molecule has 1 N–H and O–H groups in total. The standard InChI is InChI=1S/C25H21N3O3/c1-18-11-13-19(14-12-18)21-15-16-25(30)28(27-21)17-24(29)26-22-9-5-6-10-23(22)31-20-7-3-2-4-8-20/h2-16H,17H2,1H3,(H,26,29). The monoisotopic (exact) mass is 411 g/mol. The summed E-state index contributed by atoms with van der Waals surface area (Å²) >= 11 is 0. The van der Waals surface area contributed by atoms with Crippen LogP contribution in [-0.2, 0) is 11.3 Å². The number of ether oxygens (including phenoxy) is 1. The van der Waals surface area contributed by atoms with Crippen molar-refractivity contribution in [2.45, 2.75) is 13.5 Å². The van der Waals surface area contributed by atoms with Crippen molar-refractivity contribution in [3.8, 4) is 22.8 Å². The number of rotatable bonds is 6. The average molecular weight is 411 g/mol. The van der Waals surface area contributed by atoms with Gasteiger partial charge in [0.15, 0.2) is 5.75 Å². The Kier molecular flexibility index (Phi) is 5.89. The fourth-order valence-electron chi connectivity index (χ4n) is 3.04. The normalized spacial score (nSPS) is 10.5. The third-order valence-corrected chi connectivity index (χ3v) is 4.64. The predicted octanol–water partition coefficient (Wildman–Crippen LogP) is 4.65. The zero-order valence-corrected chi connectivity index (χ0v) is 17.0. The summed E-state index contributed by atoms with van der Waals surface area (Å²) < 4.78 is 7.03. The molecule has 31 heavy (non-hydrogen) atoms. The van der Waals surface area contributed by atoms with Gasteiger partial charge in [0, 0.05) is 11.6 Å². The van der Waals surface area contributed by atoms with Gasteiger partial charge in [-0.2, -0.15) is 5.10 Å². The molecule has 0 fully saturated rings. The van der Waals surface area contributed by atoms with Gasteiger partial charge >= 0.3 is 0 Å². The Morgan fingerprint density at radius 2 is 1.61 bits per heavy atom. The molecule has 1 amide bonds. The molecule has 0 aliphatic rings. The summed E-state index contributed by atoms with van der Waals surface area (Å²) in [6.45, 7) is 1.79. The number of nitrogens with zero attached hydrogens (tertiary/aromatic N) is 2. The Bertz CT molecular complexity index is 1250. The molecule has 0 spiro atoms. The number of carbonyl (C=O) groups excluding carboxylic acids is 1. The molecule has 0 saturated heterocycles. The van der Waals surface area contributed by atoms with Crippen LogP contribution in [-0.4, -0.2) is 15.7 Å². The van der Waals surface area contributed by atoms with Crippen molar-refractivity contribution in [2.75, 3.05) is 5.32 Å². The summed E-state index contributed by atoms with van der Waals surface area (Å²) in [7, 11) is 0. The number of hydrogen-bond donors (Lipinski definition) is 1. The van der Waals surface area contributed by atoms with Gasteiger partial charge in [-0.05, 0) is 37.3 Å². The van der Waals surface area contributed by atoms with E-state index in [1.807, 2.05) is 67.6 Å². The van der Waals surface area contributed by atoms with Gasteiger partial charge in [0.05, 0.1) is 11.4 Å². The van der Waals surface area contributed by atoms with E-state index in [1.165, 1.54) is 6.07 Å². The summed E-state index contributed by atoms with van der Waals surface area (Å²) in [5.74, 6) is 0.795. The summed E-state index contributed by atoms with van der Waals surface area (Å²) in [6, 6.07) is 27.3. The molecule has 0 radical (unpaired) electrons. The first-order chi connectivity index (χ1) is 15.1. The molecule has 1 aromatic heterocycles. The largest absolute Gasteiger partial charge is 0.455 e. The number of benzene rings is 3. The fraction of sp³-hybridized carbons (Fsp3) is 0.0800. The SMILES string of the molecule is Cc1ccc(-c2ccc(=O)n(CC(=O)Nc3ccccc3Oc3ccccc3)n2)cc1. The predicted molar refractivity (Wildman–Crippen MR) is 120 cm³/mol. The summed E-state index contributed by atoms with van der Waals surface area (Å²) in [6.07, 6.45) is 0. The lowest BCUT2D eigenvalue weighted by atomic mass is 10.1. The maximum atomic E-state index is 12.7. The van der Waals surface area contributed by atoms with E-state index in [9.17, 15) is 9.59 Å². The molecule has 0 saturated carbocycles. The number of aromatic nitrogens is 2. The molecule has 0 aliphatic carbocycles. The number of carbonyl (C=O) groups is 1. The minimum atomic E-state index is -0.375. The Balaban J connectivity index is 1.51. The first kappa shape index (κ1) is 20.1. The number of hydrogen-bond acceptors (Lipinski definition) is 4. The third-order valence-electron chi connectivity index (χ3n) is 4.64. The van der Waals surface area contributed by atoms with Crippen molar-refractivity contribution >= 4 is 11.6 Å². The molecule has 0 bridgehead atoms. The lowest BCUT2D eigenvalue weighted by Crippen LogP contribution is -2.29. The van der Waals surface area contributed by atoms with Crippen LogP contribution in [0.25, 0.3) is 11.3 Å². The highest BCUT2D eigenvalue weighted by Crippen LogP contribution is 2.29. The van der Waals surface area contributed by atoms with Crippen molar-refractivity contribution in [1.82, 2.24) is 9.78 Å². The molecular formula is C25H21N3O3. The zero-order chi connectivity index (χ0) is 21.6. The van der Waals surface area contributed by atoms with Crippen LogP contribution in [0, 0.1) is 6.92 Å². The van der Waals surface area contributed by atoms with Crippen LogP contribution in [0.1, 0.15) is 5.56 Å². The van der Waals surface area contributed by atoms with E-state index in [4.69, 9.17) is 4.74 Å². The minimum absolute atomic E-state index is 0.210. The van der Waals surface area contributed by atoms with E-state index in [1.54, 1.807) is 24.3 Å². The first-order valence-corrected chi connectivity index (χ1v) is 9.85. The number of aryl methyl sites for hydroxylation is 1. The van der Waals surface area contributed by atoms with Gasteiger partial charge in [0.2, 0.25) is 5.91 Å². The van der Waals surface area contributed by atoms with Crippen LogP contribution in [0.15, 0.2) is 95.8 Å². The molecule has 3 aromatic carbocycles. The lowest BCUT2D eigenvalue weighted by molar-refractivity contribution is -0.117. The maximum Gasteiger partial charge on any atom is 0.267 e. The van der Waals surface area contributed by atoms with Gasteiger partial charge in [-0.25, -0.2) is 4.68 Å². The molecule has 6 nitrogen and oxygen atoms in total. The van der Waals surface area contributed by atoms with E-state index in [0.29, 0.717) is 22.9 Å². The summed E-state index contributed by atoms with van der Waals surface area (Å²) in [5, 5.41) is 7.17. The zero-order valence-electron chi connectivity index (χ0n) is 17.0. The molecule has 4 rings (SSSR count). The molecule has 0 atom stereocenters. The van der Waals surface area contributed by atoms with E-state index < -0.39 is 0 Å². The Hall–Kier alpha value is -4.19. The lowest BCUT2D eigenvalue weighted by Gasteiger charge is -2.13. The molecule has 0 aliphatic heterocycles. The Labute approximate surface area is 179 Å². The first-order valence-electron chi connectivity index (χ1n) is 9.85. The molecule has 154 valence electrons.